The number of primary amides is 1. The van der Waals surface area contributed by atoms with E-state index in [-0.39, 0.29) is 0 Å². The van der Waals surface area contributed by atoms with Crippen LogP contribution in [0.4, 0.5) is 0 Å². The van der Waals surface area contributed by atoms with Crippen molar-refractivity contribution in [3.8, 4) is 22.5 Å². The number of hydrogen-bond acceptors (Lipinski definition) is 4. The number of imidazole rings is 1. The third kappa shape index (κ3) is 4.59. The zero-order chi connectivity index (χ0) is 20.8. The minimum atomic E-state index is -0.445. The van der Waals surface area contributed by atoms with E-state index in [1.54, 1.807) is 31.6 Å². The number of aromatic nitrogens is 3. The normalized spacial score (nSPS) is 10.1. The zero-order valence-corrected chi connectivity index (χ0v) is 16.3. The lowest BCUT2D eigenvalue weighted by atomic mass is 10.1. The molecule has 29 heavy (non-hydrogen) atoms. The van der Waals surface area contributed by atoms with Gasteiger partial charge in [-0.05, 0) is 24.3 Å². The number of halogens is 1. The van der Waals surface area contributed by atoms with Crippen molar-refractivity contribution < 1.29 is 9.59 Å². The lowest BCUT2D eigenvalue weighted by Gasteiger charge is -2.06. The number of carbonyl (C=O) groups is 2. The number of nitrogens with one attached hydrogen (secondary N) is 1. The fourth-order valence-corrected chi connectivity index (χ4v) is 2.80. The number of carbonyl (C=O) groups excluding carboxylic acids is 2. The Hall–Kier alpha value is -3.71. The van der Waals surface area contributed by atoms with Gasteiger partial charge in [0.25, 0.3) is 0 Å². The van der Waals surface area contributed by atoms with Crippen LogP contribution in [0.15, 0.2) is 67.1 Å². The Morgan fingerprint density at radius 1 is 1.03 bits per heavy atom. The first-order valence-corrected chi connectivity index (χ1v) is 9.01. The molecule has 2 heterocycles. The number of benzene rings is 2. The monoisotopic (exact) mass is 407 g/mol. The summed E-state index contributed by atoms with van der Waals surface area (Å²) >= 11 is 5.95. The van der Waals surface area contributed by atoms with E-state index < -0.39 is 5.91 Å². The van der Waals surface area contributed by atoms with Gasteiger partial charge in [-0.2, -0.15) is 0 Å². The van der Waals surface area contributed by atoms with Gasteiger partial charge in [0.2, 0.25) is 12.3 Å². The minimum absolute atomic E-state index is 0.445. The molecule has 0 saturated carbocycles. The van der Waals surface area contributed by atoms with Crippen LogP contribution >= 0.6 is 11.6 Å². The van der Waals surface area contributed by atoms with Crippen LogP contribution in [-0.4, -0.2) is 33.7 Å². The van der Waals surface area contributed by atoms with Crippen LogP contribution in [0.5, 0.6) is 0 Å². The second-order valence-electron chi connectivity index (χ2n) is 6.00. The van der Waals surface area contributed by atoms with Crippen molar-refractivity contribution in [3.63, 3.8) is 0 Å². The molecule has 0 unspecified atom stereocenters. The largest absolute Gasteiger partial charge is 0.366 e. The summed E-state index contributed by atoms with van der Waals surface area (Å²) in [6.45, 7) is 0. The van der Waals surface area contributed by atoms with Crippen LogP contribution in [0, 0.1) is 0 Å². The van der Waals surface area contributed by atoms with Gasteiger partial charge in [-0.1, -0.05) is 35.9 Å². The molecular weight excluding hydrogens is 390 g/mol. The van der Waals surface area contributed by atoms with Gasteiger partial charge in [-0.3, -0.25) is 19.0 Å². The van der Waals surface area contributed by atoms with Gasteiger partial charge in [-0.15, -0.1) is 0 Å². The topological polar surface area (TPSA) is 102 Å². The van der Waals surface area contributed by atoms with Crippen molar-refractivity contribution in [2.24, 2.45) is 5.73 Å². The first kappa shape index (κ1) is 20.0. The molecule has 2 aromatic heterocycles. The second-order valence-corrected chi connectivity index (χ2v) is 6.44. The summed E-state index contributed by atoms with van der Waals surface area (Å²) < 4.78 is 1.97. The molecule has 146 valence electrons. The number of fused-ring (bicyclic) bond motifs is 1. The predicted octanol–water partition coefficient (Wildman–Crippen LogP) is 3.18. The molecule has 4 aromatic rings. The van der Waals surface area contributed by atoms with E-state index in [4.69, 9.17) is 22.1 Å². The number of rotatable bonds is 4. The fourth-order valence-electron chi connectivity index (χ4n) is 2.68. The van der Waals surface area contributed by atoms with Gasteiger partial charge in [0, 0.05) is 35.0 Å². The van der Waals surface area contributed by atoms with Gasteiger partial charge in [0.15, 0.2) is 5.65 Å². The van der Waals surface area contributed by atoms with E-state index in [9.17, 15) is 4.79 Å². The molecule has 7 nitrogen and oxygen atoms in total. The maximum Gasteiger partial charge on any atom is 0.248 e. The Bertz CT molecular complexity index is 1140. The molecule has 0 radical (unpaired) electrons. The van der Waals surface area contributed by atoms with Crippen LogP contribution < -0.4 is 11.1 Å². The van der Waals surface area contributed by atoms with E-state index in [1.165, 1.54) is 0 Å². The van der Waals surface area contributed by atoms with Gasteiger partial charge in [0.05, 0.1) is 23.8 Å². The average Bonchev–Trinajstić information content (AvgIpc) is 3.18. The summed E-state index contributed by atoms with van der Waals surface area (Å²) in [6.07, 6.45) is 6.07. The highest BCUT2D eigenvalue weighted by Crippen LogP contribution is 2.24. The third-order valence-corrected chi connectivity index (χ3v) is 4.37. The average molecular weight is 408 g/mol. The maximum atomic E-state index is 11.2. The van der Waals surface area contributed by atoms with E-state index in [0.717, 1.165) is 28.2 Å². The molecule has 0 saturated heterocycles. The second kappa shape index (κ2) is 8.99. The predicted molar refractivity (Wildman–Crippen MR) is 113 cm³/mol. The highest BCUT2D eigenvalue weighted by molar-refractivity contribution is 6.30. The highest BCUT2D eigenvalue weighted by Gasteiger charge is 2.09. The quantitative estimate of drug-likeness (QED) is 0.507. The molecule has 0 aliphatic carbocycles. The number of amides is 2. The van der Waals surface area contributed by atoms with Crippen LogP contribution in [0.3, 0.4) is 0 Å². The first-order valence-electron chi connectivity index (χ1n) is 8.63. The van der Waals surface area contributed by atoms with E-state index in [0.29, 0.717) is 17.0 Å². The molecule has 8 heteroatoms. The Balaban J connectivity index is 0.000000552. The smallest absolute Gasteiger partial charge is 0.248 e. The molecule has 0 spiro atoms. The summed E-state index contributed by atoms with van der Waals surface area (Å²) in [7, 11) is 1.56. The van der Waals surface area contributed by atoms with Crippen molar-refractivity contribution >= 4 is 29.6 Å². The first-order chi connectivity index (χ1) is 14.0. The molecule has 2 amide bonds. The van der Waals surface area contributed by atoms with Crippen molar-refractivity contribution in [1.82, 2.24) is 19.7 Å². The summed E-state index contributed by atoms with van der Waals surface area (Å²) in [5, 5.41) is 2.93. The minimum Gasteiger partial charge on any atom is -0.366 e. The van der Waals surface area contributed by atoms with Crippen molar-refractivity contribution in [1.29, 1.82) is 0 Å². The van der Waals surface area contributed by atoms with E-state index in [1.807, 2.05) is 47.0 Å². The molecule has 4 rings (SSSR count). The Kier molecular flexibility index (Phi) is 6.21. The van der Waals surface area contributed by atoms with E-state index >= 15 is 0 Å². The zero-order valence-electron chi connectivity index (χ0n) is 15.5. The maximum absolute atomic E-state index is 11.2. The SMILES string of the molecule is CNC=O.NC(=O)c1ccc(-c2cnc3cnc(-c4ccc(Cl)cc4)cn23)cc1. The van der Waals surface area contributed by atoms with Crippen LogP contribution in [0.1, 0.15) is 10.4 Å². The Morgan fingerprint density at radius 3 is 2.24 bits per heavy atom. The lowest BCUT2D eigenvalue weighted by molar-refractivity contribution is -0.109. The van der Waals surface area contributed by atoms with Gasteiger partial charge < -0.3 is 11.1 Å². The third-order valence-electron chi connectivity index (χ3n) is 4.12. The fraction of sp³-hybridized carbons (Fsp3) is 0.0476. The molecule has 0 bridgehead atoms. The van der Waals surface area contributed by atoms with Gasteiger partial charge >= 0.3 is 0 Å². The molecule has 3 N–H and O–H groups in total. The molecule has 0 atom stereocenters. The molecule has 0 fully saturated rings. The Morgan fingerprint density at radius 2 is 1.66 bits per heavy atom. The van der Waals surface area contributed by atoms with E-state index in [2.05, 4.69) is 15.3 Å². The summed E-state index contributed by atoms with van der Waals surface area (Å²) in [5.74, 6) is -0.445. The van der Waals surface area contributed by atoms with Crippen molar-refractivity contribution in [2.45, 2.75) is 0 Å². The van der Waals surface area contributed by atoms with Gasteiger partial charge in [-0.25, -0.2) is 4.98 Å². The molecular formula is C21H18ClN5O2. The van der Waals surface area contributed by atoms with Crippen LogP contribution in [-0.2, 0) is 4.79 Å². The lowest BCUT2D eigenvalue weighted by Crippen LogP contribution is -2.10. The van der Waals surface area contributed by atoms with Crippen LogP contribution in [0.25, 0.3) is 28.2 Å². The summed E-state index contributed by atoms with van der Waals surface area (Å²) in [5.41, 5.74) is 10.1. The van der Waals surface area contributed by atoms with Crippen molar-refractivity contribution in [2.75, 3.05) is 7.05 Å². The van der Waals surface area contributed by atoms with Crippen molar-refractivity contribution in [3.05, 3.63) is 77.7 Å². The number of nitrogens with zero attached hydrogens (tertiary/aromatic N) is 3. The standard InChI is InChI=1S/C19H13ClN4O.C2H5NO/c20-15-7-5-12(6-8-15)16-11-24-17(9-23-18(24)10-22-16)13-1-3-14(4-2-13)19(21)25;1-3-2-4/h1-11H,(H2,21,25);2H,1H3,(H,3,4). The van der Waals surface area contributed by atoms with Gasteiger partial charge in [0.1, 0.15) is 0 Å². The summed E-state index contributed by atoms with van der Waals surface area (Å²) in [6, 6.07) is 14.6. The molecule has 0 aliphatic heterocycles. The highest BCUT2D eigenvalue weighted by atomic mass is 35.5. The van der Waals surface area contributed by atoms with Crippen LogP contribution in [0.2, 0.25) is 5.02 Å². The number of hydrogen-bond donors (Lipinski definition) is 2. The summed E-state index contributed by atoms with van der Waals surface area (Å²) in [4.78, 5) is 29.1. The Labute approximate surface area is 172 Å². The number of nitrogens with two attached hydrogens (primary N) is 1. The molecule has 0 aliphatic rings. The molecule has 2 aromatic carbocycles.